The molecule has 1 aliphatic heterocycles. The molecule has 100 valence electrons. The number of cyclic esters (lactones) is 1. The zero-order valence-electron chi connectivity index (χ0n) is 10.3. The molecule has 0 spiro atoms. The van der Waals surface area contributed by atoms with Crippen LogP contribution in [0.5, 0.6) is 0 Å². The van der Waals surface area contributed by atoms with Gasteiger partial charge in [-0.3, -0.25) is 4.79 Å². The molecule has 2 aromatic rings. The van der Waals surface area contributed by atoms with Crippen LogP contribution in [0.3, 0.4) is 0 Å². The molecule has 5 heteroatoms. The second-order valence-electron chi connectivity index (χ2n) is 4.49. The monoisotopic (exact) mass is 287 g/mol. The summed E-state index contributed by atoms with van der Waals surface area (Å²) in [5.74, 6) is -1.30. The van der Waals surface area contributed by atoms with E-state index in [9.17, 15) is 9.59 Å². The van der Waals surface area contributed by atoms with Crippen LogP contribution >= 0.6 is 11.6 Å². The van der Waals surface area contributed by atoms with Crippen molar-refractivity contribution in [2.45, 2.75) is 5.60 Å². The first kappa shape index (κ1) is 12.7. The van der Waals surface area contributed by atoms with Crippen molar-refractivity contribution in [1.29, 1.82) is 0 Å². The van der Waals surface area contributed by atoms with E-state index in [1.807, 2.05) is 0 Å². The van der Waals surface area contributed by atoms with Gasteiger partial charge in [-0.05, 0) is 18.2 Å². The predicted octanol–water partition coefficient (Wildman–Crippen LogP) is 2.24. The molecule has 4 nitrogen and oxygen atoms in total. The lowest BCUT2D eigenvalue weighted by atomic mass is 9.85. The van der Waals surface area contributed by atoms with Crippen LogP contribution < -0.4 is 5.73 Å². The number of rotatable bonds is 2. The summed E-state index contributed by atoms with van der Waals surface area (Å²) < 4.78 is 5.35. The Balaban J connectivity index is 2.28. The van der Waals surface area contributed by atoms with Crippen molar-refractivity contribution in [3.05, 3.63) is 70.2 Å². The number of halogens is 1. The van der Waals surface area contributed by atoms with Crippen molar-refractivity contribution in [3.63, 3.8) is 0 Å². The van der Waals surface area contributed by atoms with E-state index < -0.39 is 17.5 Å². The van der Waals surface area contributed by atoms with Crippen molar-refractivity contribution < 1.29 is 14.3 Å². The number of ether oxygens (including phenoxy) is 1. The van der Waals surface area contributed by atoms with Crippen molar-refractivity contribution in [2.75, 3.05) is 0 Å². The fourth-order valence-corrected chi connectivity index (χ4v) is 2.57. The van der Waals surface area contributed by atoms with Crippen LogP contribution in [0.25, 0.3) is 0 Å². The van der Waals surface area contributed by atoms with Crippen molar-refractivity contribution in [3.8, 4) is 0 Å². The Kier molecular flexibility index (Phi) is 2.76. The molecule has 0 fully saturated rings. The summed E-state index contributed by atoms with van der Waals surface area (Å²) in [6.45, 7) is 0. The number of fused-ring (bicyclic) bond motifs is 1. The van der Waals surface area contributed by atoms with Crippen LogP contribution in [0.4, 0.5) is 0 Å². The molecule has 20 heavy (non-hydrogen) atoms. The van der Waals surface area contributed by atoms with Gasteiger partial charge in [0.15, 0.2) is 0 Å². The van der Waals surface area contributed by atoms with Gasteiger partial charge in [0, 0.05) is 16.1 Å². The first-order valence-corrected chi connectivity index (χ1v) is 6.32. The minimum atomic E-state index is -1.59. The zero-order chi connectivity index (χ0) is 14.3. The SMILES string of the molecule is NC(=O)C1(c2ccc(Cl)cc2)OC(=O)c2ccccc21. The van der Waals surface area contributed by atoms with Gasteiger partial charge in [0.1, 0.15) is 0 Å². The first-order chi connectivity index (χ1) is 9.55. The number of carbonyl (C=O) groups is 2. The number of nitrogens with two attached hydrogens (primary N) is 1. The van der Waals surface area contributed by atoms with Crippen molar-refractivity contribution in [2.24, 2.45) is 5.73 Å². The largest absolute Gasteiger partial charge is 0.435 e. The highest BCUT2D eigenvalue weighted by atomic mass is 35.5. The molecule has 0 aliphatic carbocycles. The highest BCUT2D eigenvalue weighted by Gasteiger charge is 2.51. The summed E-state index contributed by atoms with van der Waals surface area (Å²) in [5.41, 5.74) is 5.23. The lowest BCUT2D eigenvalue weighted by molar-refractivity contribution is -0.132. The molecule has 0 saturated heterocycles. The summed E-state index contributed by atoms with van der Waals surface area (Å²) >= 11 is 5.85. The highest BCUT2D eigenvalue weighted by Crippen LogP contribution is 2.41. The smallest absolute Gasteiger partial charge is 0.340 e. The van der Waals surface area contributed by atoms with Gasteiger partial charge in [-0.2, -0.15) is 0 Å². The Labute approximate surface area is 120 Å². The minimum absolute atomic E-state index is 0.348. The quantitative estimate of drug-likeness (QED) is 0.861. The molecule has 1 atom stereocenters. The molecule has 1 heterocycles. The molecule has 0 saturated carbocycles. The summed E-state index contributed by atoms with van der Waals surface area (Å²) in [6.07, 6.45) is 0. The molecule has 0 bridgehead atoms. The molecule has 3 rings (SSSR count). The molecule has 2 aromatic carbocycles. The third-order valence-electron chi connectivity index (χ3n) is 3.37. The van der Waals surface area contributed by atoms with E-state index in [0.717, 1.165) is 0 Å². The van der Waals surface area contributed by atoms with Gasteiger partial charge >= 0.3 is 5.97 Å². The van der Waals surface area contributed by atoms with Crippen LogP contribution in [0.1, 0.15) is 21.5 Å². The number of hydrogen-bond acceptors (Lipinski definition) is 3. The maximum absolute atomic E-state index is 12.0. The summed E-state index contributed by atoms with van der Waals surface area (Å²) in [6, 6.07) is 13.2. The molecule has 0 aromatic heterocycles. The third-order valence-corrected chi connectivity index (χ3v) is 3.62. The average molecular weight is 288 g/mol. The number of amides is 1. The number of hydrogen-bond donors (Lipinski definition) is 1. The summed E-state index contributed by atoms with van der Waals surface area (Å²) in [7, 11) is 0. The average Bonchev–Trinajstić information content (AvgIpc) is 2.75. The molecule has 0 radical (unpaired) electrons. The normalized spacial score (nSPS) is 20.4. The third kappa shape index (κ3) is 1.62. The molecule has 1 amide bonds. The van der Waals surface area contributed by atoms with E-state index in [0.29, 0.717) is 21.7 Å². The Morgan fingerprint density at radius 3 is 2.40 bits per heavy atom. The van der Waals surface area contributed by atoms with Gasteiger partial charge < -0.3 is 10.5 Å². The van der Waals surface area contributed by atoms with Crippen LogP contribution in [-0.4, -0.2) is 11.9 Å². The van der Waals surface area contributed by atoms with E-state index in [1.165, 1.54) is 0 Å². The van der Waals surface area contributed by atoms with E-state index in [4.69, 9.17) is 22.1 Å². The van der Waals surface area contributed by atoms with Crippen molar-refractivity contribution >= 4 is 23.5 Å². The van der Waals surface area contributed by atoms with Crippen LogP contribution in [0.2, 0.25) is 5.02 Å². The Bertz CT molecular complexity index is 711. The van der Waals surface area contributed by atoms with Gasteiger partial charge in [-0.15, -0.1) is 0 Å². The van der Waals surface area contributed by atoms with Gasteiger partial charge in [0.2, 0.25) is 5.60 Å². The molecule has 1 aliphatic rings. The minimum Gasteiger partial charge on any atom is -0.435 e. The van der Waals surface area contributed by atoms with Crippen molar-refractivity contribution in [1.82, 2.24) is 0 Å². The predicted molar refractivity (Wildman–Crippen MR) is 73.3 cm³/mol. The molecule has 1 unspecified atom stereocenters. The summed E-state index contributed by atoms with van der Waals surface area (Å²) in [4.78, 5) is 24.0. The topological polar surface area (TPSA) is 69.4 Å². The Morgan fingerprint density at radius 2 is 1.75 bits per heavy atom. The highest BCUT2D eigenvalue weighted by molar-refractivity contribution is 6.30. The molecular weight excluding hydrogens is 278 g/mol. The van der Waals surface area contributed by atoms with Gasteiger partial charge in [-0.1, -0.05) is 41.9 Å². The van der Waals surface area contributed by atoms with E-state index in [-0.39, 0.29) is 0 Å². The van der Waals surface area contributed by atoms with Gasteiger partial charge in [0.05, 0.1) is 5.56 Å². The second-order valence-corrected chi connectivity index (χ2v) is 4.92. The lowest BCUT2D eigenvalue weighted by Crippen LogP contribution is -2.42. The standard InChI is InChI=1S/C15H10ClNO3/c16-10-7-5-9(6-8-10)15(14(17)19)12-4-2-1-3-11(12)13(18)20-15/h1-8H,(H2,17,19). The lowest BCUT2D eigenvalue weighted by Gasteiger charge is -2.25. The molecule has 2 N–H and O–H groups in total. The zero-order valence-corrected chi connectivity index (χ0v) is 11.1. The summed E-state index contributed by atoms with van der Waals surface area (Å²) in [5, 5.41) is 0.519. The number of primary amides is 1. The van der Waals surface area contributed by atoms with E-state index in [2.05, 4.69) is 0 Å². The maximum Gasteiger partial charge on any atom is 0.340 e. The number of esters is 1. The van der Waals surface area contributed by atoms with Crippen LogP contribution in [0.15, 0.2) is 48.5 Å². The van der Waals surface area contributed by atoms with E-state index >= 15 is 0 Å². The van der Waals surface area contributed by atoms with Crippen LogP contribution in [0, 0.1) is 0 Å². The number of benzene rings is 2. The fourth-order valence-electron chi connectivity index (χ4n) is 2.44. The second kappa shape index (κ2) is 4.35. The van der Waals surface area contributed by atoms with Crippen LogP contribution in [-0.2, 0) is 15.1 Å². The van der Waals surface area contributed by atoms with E-state index in [1.54, 1.807) is 48.5 Å². The fraction of sp³-hybridized carbons (Fsp3) is 0.0667. The Hall–Kier alpha value is -2.33. The van der Waals surface area contributed by atoms with Gasteiger partial charge in [0.25, 0.3) is 5.91 Å². The van der Waals surface area contributed by atoms with Gasteiger partial charge in [-0.25, -0.2) is 4.79 Å². The first-order valence-electron chi connectivity index (χ1n) is 5.94. The Morgan fingerprint density at radius 1 is 1.10 bits per heavy atom. The number of carbonyl (C=O) groups excluding carboxylic acids is 2. The maximum atomic E-state index is 12.0. The molecular formula is C15H10ClNO3.